The fraction of sp³-hybridized carbons (Fsp3) is 0.0833. The van der Waals surface area contributed by atoms with Crippen molar-refractivity contribution < 1.29 is 18.3 Å². The number of halogens is 2. The third-order valence-electron chi connectivity index (χ3n) is 5.51. The monoisotopic (exact) mass is 530 g/mol. The molecule has 0 radical (unpaired) electrons. The van der Waals surface area contributed by atoms with Crippen LogP contribution in [0.3, 0.4) is 0 Å². The highest BCUT2D eigenvalue weighted by Crippen LogP contribution is 2.46. The smallest absolute Gasteiger partial charge is 0.296 e. The number of hydrogen-bond acceptors (Lipinski definition) is 6. The number of aliphatic hydroxyl groups excluding tert-OH is 1. The van der Waals surface area contributed by atoms with E-state index in [0.29, 0.717) is 21.1 Å². The number of hydrogen-bond donors (Lipinski definition) is 1. The van der Waals surface area contributed by atoms with Crippen LogP contribution in [-0.2, 0) is 14.6 Å². The van der Waals surface area contributed by atoms with Crippen molar-refractivity contribution in [3.63, 3.8) is 0 Å². The lowest BCUT2D eigenvalue weighted by Gasteiger charge is -2.24. The molecule has 1 N–H and O–H groups in total. The Kier molecular flexibility index (Phi) is 5.64. The maximum absolute atomic E-state index is 13.7. The Balaban J connectivity index is 1.72. The van der Waals surface area contributed by atoms with Crippen molar-refractivity contribution in [2.45, 2.75) is 17.9 Å². The summed E-state index contributed by atoms with van der Waals surface area (Å²) in [6, 6.07) is 16.7. The van der Waals surface area contributed by atoms with Crippen LogP contribution >= 0.6 is 34.5 Å². The number of rotatable bonds is 4. The minimum Gasteiger partial charge on any atom is -0.502 e. The topological polar surface area (TPSA) is 87.6 Å². The normalized spacial score (nSPS) is 16.6. The van der Waals surface area contributed by atoms with Crippen LogP contribution in [0.2, 0.25) is 10.0 Å². The van der Waals surface area contributed by atoms with Crippen molar-refractivity contribution in [3.8, 4) is 0 Å². The van der Waals surface area contributed by atoms with Gasteiger partial charge in [-0.15, -0.1) is 0 Å². The van der Waals surface area contributed by atoms with Crippen LogP contribution in [0.4, 0.5) is 5.13 Å². The Morgan fingerprint density at radius 2 is 1.62 bits per heavy atom. The van der Waals surface area contributed by atoms with Crippen molar-refractivity contribution in [2.75, 3.05) is 4.90 Å². The number of aryl methyl sites for hydroxylation is 1. The number of nitrogens with zero attached hydrogens (tertiary/aromatic N) is 2. The standard InChI is InChI=1S/C24H16Cl2N2O4S2/c1-13-2-9-17(10-3-13)34(31,32)22-20(14-4-6-15(25)7-5-14)28(23(30)21(22)29)24-27-18-11-8-16(26)12-19(18)33-24/h2-12,20,29H,1H3/t20-/m0/s1. The zero-order valence-corrected chi connectivity index (χ0v) is 20.7. The van der Waals surface area contributed by atoms with Crippen LogP contribution in [0.15, 0.2) is 82.3 Å². The maximum atomic E-state index is 13.7. The van der Waals surface area contributed by atoms with Gasteiger partial charge >= 0.3 is 0 Å². The van der Waals surface area contributed by atoms with Gasteiger partial charge in [0.15, 0.2) is 10.9 Å². The molecule has 0 fully saturated rings. The number of amides is 1. The first-order chi connectivity index (χ1) is 16.2. The highest BCUT2D eigenvalue weighted by molar-refractivity contribution is 7.95. The maximum Gasteiger partial charge on any atom is 0.296 e. The number of carbonyl (C=O) groups excluding carboxylic acids is 1. The number of thiazole rings is 1. The lowest BCUT2D eigenvalue weighted by Crippen LogP contribution is -2.31. The number of aromatic nitrogens is 1. The molecule has 1 atom stereocenters. The van der Waals surface area contributed by atoms with Gasteiger partial charge in [0.25, 0.3) is 5.91 Å². The van der Waals surface area contributed by atoms with Crippen LogP contribution in [0, 0.1) is 6.92 Å². The zero-order valence-electron chi connectivity index (χ0n) is 17.6. The summed E-state index contributed by atoms with van der Waals surface area (Å²) in [4.78, 5) is 18.6. The Morgan fingerprint density at radius 3 is 2.29 bits per heavy atom. The molecule has 0 saturated carbocycles. The third-order valence-corrected chi connectivity index (χ3v) is 8.91. The molecule has 2 heterocycles. The molecule has 1 aliphatic rings. The summed E-state index contributed by atoms with van der Waals surface area (Å²) in [5.74, 6) is -1.69. The summed E-state index contributed by atoms with van der Waals surface area (Å²) >= 11 is 13.3. The van der Waals surface area contributed by atoms with Crippen LogP contribution in [0.5, 0.6) is 0 Å². The van der Waals surface area contributed by atoms with E-state index in [0.717, 1.165) is 10.3 Å². The van der Waals surface area contributed by atoms with E-state index in [-0.39, 0.29) is 10.0 Å². The Bertz CT molecular complexity index is 1580. The number of benzene rings is 3. The summed E-state index contributed by atoms with van der Waals surface area (Å²) in [6.45, 7) is 1.84. The van der Waals surface area contributed by atoms with Crippen LogP contribution < -0.4 is 4.90 Å². The molecule has 1 amide bonds. The van der Waals surface area contributed by atoms with Crippen molar-refractivity contribution >= 4 is 65.6 Å². The zero-order chi connectivity index (χ0) is 24.2. The first kappa shape index (κ1) is 22.9. The first-order valence-electron chi connectivity index (χ1n) is 10.1. The predicted octanol–water partition coefficient (Wildman–Crippen LogP) is 6.24. The predicted molar refractivity (Wildman–Crippen MR) is 134 cm³/mol. The average molecular weight is 531 g/mol. The Morgan fingerprint density at radius 1 is 0.971 bits per heavy atom. The van der Waals surface area contributed by atoms with E-state index in [9.17, 15) is 18.3 Å². The second kappa shape index (κ2) is 8.39. The lowest BCUT2D eigenvalue weighted by atomic mass is 10.1. The minimum absolute atomic E-state index is 0.0238. The van der Waals surface area contributed by atoms with Gasteiger partial charge in [0.1, 0.15) is 10.9 Å². The second-order valence-corrected chi connectivity index (χ2v) is 11.6. The average Bonchev–Trinajstić information content (AvgIpc) is 3.32. The van der Waals surface area contributed by atoms with E-state index >= 15 is 0 Å². The molecular formula is C24H16Cl2N2O4S2. The second-order valence-electron chi connectivity index (χ2n) is 7.77. The Labute approximate surface area is 209 Å². The van der Waals surface area contributed by atoms with Gasteiger partial charge in [0.2, 0.25) is 9.84 Å². The molecule has 172 valence electrons. The van der Waals surface area contributed by atoms with Crippen molar-refractivity contribution in [1.29, 1.82) is 0 Å². The van der Waals surface area contributed by atoms with E-state index < -0.39 is 32.5 Å². The first-order valence-corrected chi connectivity index (χ1v) is 13.1. The number of sulfone groups is 1. The fourth-order valence-corrected chi connectivity index (χ4v) is 6.85. The summed E-state index contributed by atoms with van der Waals surface area (Å²) in [7, 11) is -4.23. The largest absolute Gasteiger partial charge is 0.502 e. The molecule has 0 aliphatic carbocycles. The SMILES string of the molecule is Cc1ccc(S(=O)(=O)C2=C(O)C(=O)N(c3nc4ccc(Cl)cc4s3)[C@H]2c2ccc(Cl)cc2)cc1. The van der Waals surface area contributed by atoms with E-state index in [1.807, 2.05) is 6.92 Å². The van der Waals surface area contributed by atoms with Crippen LogP contribution in [0.25, 0.3) is 10.2 Å². The molecule has 4 aromatic rings. The lowest BCUT2D eigenvalue weighted by molar-refractivity contribution is -0.117. The van der Waals surface area contributed by atoms with Crippen molar-refractivity contribution in [3.05, 3.63) is 98.6 Å². The molecule has 10 heteroatoms. The number of anilines is 1. The van der Waals surface area contributed by atoms with Gasteiger partial charge in [-0.1, -0.05) is 64.4 Å². The summed E-state index contributed by atoms with van der Waals surface area (Å²) in [6.07, 6.45) is 0. The molecule has 34 heavy (non-hydrogen) atoms. The van der Waals surface area contributed by atoms with Gasteiger partial charge in [-0.25, -0.2) is 13.4 Å². The Hall–Kier alpha value is -2.91. The number of carbonyl (C=O) groups is 1. The van der Waals surface area contributed by atoms with Crippen LogP contribution in [0.1, 0.15) is 17.2 Å². The molecule has 3 aromatic carbocycles. The molecule has 0 spiro atoms. The third kappa shape index (κ3) is 3.76. The van der Waals surface area contributed by atoms with Crippen molar-refractivity contribution in [1.82, 2.24) is 4.98 Å². The van der Waals surface area contributed by atoms with Crippen LogP contribution in [-0.4, -0.2) is 24.4 Å². The molecule has 0 bridgehead atoms. The molecule has 0 unspecified atom stereocenters. The molecular weight excluding hydrogens is 515 g/mol. The number of aliphatic hydroxyl groups is 1. The summed E-state index contributed by atoms with van der Waals surface area (Å²) < 4.78 is 28.1. The minimum atomic E-state index is -4.23. The van der Waals surface area contributed by atoms with Gasteiger partial charge in [-0.3, -0.25) is 9.69 Å². The molecule has 5 rings (SSSR count). The fourth-order valence-electron chi connectivity index (χ4n) is 3.83. The highest BCUT2D eigenvalue weighted by Gasteiger charge is 2.48. The van der Waals surface area contributed by atoms with Gasteiger partial charge in [-0.05, 0) is 55.0 Å². The molecule has 6 nitrogen and oxygen atoms in total. The molecule has 1 aromatic heterocycles. The van der Waals surface area contributed by atoms with E-state index in [2.05, 4.69) is 4.98 Å². The van der Waals surface area contributed by atoms with E-state index in [1.165, 1.54) is 28.4 Å². The summed E-state index contributed by atoms with van der Waals surface area (Å²) in [5, 5.41) is 12.1. The highest BCUT2D eigenvalue weighted by atomic mass is 35.5. The summed E-state index contributed by atoms with van der Waals surface area (Å²) in [5.41, 5.74) is 1.94. The quantitative estimate of drug-likeness (QED) is 0.337. The molecule has 0 saturated heterocycles. The van der Waals surface area contributed by atoms with E-state index in [4.69, 9.17) is 23.2 Å². The van der Waals surface area contributed by atoms with Gasteiger partial charge in [0, 0.05) is 10.0 Å². The van der Waals surface area contributed by atoms with Gasteiger partial charge in [0.05, 0.1) is 15.1 Å². The van der Waals surface area contributed by atoms with Crippen molar-refractivity contribution in [2.24, 2.45) is 0 Å². The van der Waals surface area contributed by atoms with Gasteiger partial charge in [-0.2, -0.15) is 0 Å². The van der Waals surface area contributed by atoms with Gasteiger partial charge < -0.3 is 5.11 Å². The molecule has 1 aliphatic heterocycles. The van der Waals surface area contributed by atoms with E-state index in [1.54, 1.807) is 54.6 Å². The number of fused-ring (bicyclic) bond motifs is 1.